The van der Waals surface area contributed by atoms with Gasteiger partial charge in [-0.2, -0.15) is 0 Å². The van der Waals surface area contributed by atoms with Crippen LogP contribution < -0.4 is 5.73 Å². The second-order valence-electron chi connectivity index (χ2n) is 4.69. The van der Waals surface area contributed by atoms with Crippen molar-refractivity contribution in [2.24, 2.45) is 0 Å². The number of rotatable bonds is 4. The van der Waals surface area contributed by atoms with Crippen LogP contribution in [0.2, 0.25) is 5.02 Å². The Morgan fingerprint density at radius 1 is 1.29 bits per heavy atom. The van der Waals surface area contributed by atoms with E-state index < -0.39 is 0 Å². The molecule has 5 heteroatoms. The molecule has 0 aliphatic rings. The van der Waals surface area contributed by atoms with Crippen LogP contribution in [0, 0.1) is 0 Å². The predicted molar refractivity (Wildman–Crippen MR) is 84.4 cm³/mol. The fourth-order valence-electron chi connectivity index (χ4n) is 2.09. The van der Waals surface area contributed by atoms with E-state index in [4.69, 9.17) is 17.3 Å². The molecule has 0 aromatic heterocycles. The Bertz CT molecular complexity index is 658. The van der Waals surface area contributed by atoms with Crippen LogP contribution in [-0.2, 0) is 6.54 Å². The molecule has 110 valence electrons. The number of benzene rings is 2. The summed E-state index contributed by atoms with van der Waals surface area (Å²) in [6.07, 6.45) is 0. The molecule has 2 rings (SSSR count). The van der Waals surface area contributed by atoms with Crippen LogP contribution >= 0.6 is 11.6 Å². The number of halogens is 1. The molecule has 0 fully saturated rings. The zero-order valence-corrected chi connectivity index (χ0v) is 12.5. The lowest BCUT2D eigenvalue weighted by atomic mass is 10.1. The van der Waals surface area contributed by atoms with Gasteiger partial charge in [0.1, 0.15) is 0 Å². The van der Waals surface area contributed by atoms with Gasteiger partial charge in [0.05, 0.1) is 11.3 Å². The molecular weight excluding hydrogens is 288 g/mol. The molecular formula is C16H17ClN2O2. The van der Waals surface area contributed by atoms with E-state index in [1.165, 1.54) is 0 Å². The summed E-state index contributed by atoms with van der Waals surface area (Å²) in [7, 11) is 0. The first-order valence-electron chi connectivity index (χ1n) is 6.64. The van der Waals surface area contributed by atoms with Crippen molar-refractivity contribution in [3.63, 3.8) is 0 Å². The van der Waals surface area contributed by atoms with Gasteiger partial charge < -0.3 is 15.7 Å². The minimum atomic E-state index is -0.262. The summed E-state index contributed by atoms with van der Waals surface area (Å²) in [6.45, 7) is 2.81. The van der Waals surface area contributed by atoms with Gasteiger partial charge in [0.25, 0.3) is 5.91 Å². The van der Waals surface area contributed by atoms with Gasteiger partial charge in [0.15, 0.2) is 5.75 Å². The molecule has 0 aliphatic heterocycles. The van der Waals surface area contributed by atoms with Crippen molar-refractivity contribution in [3.05, 3.63) is 58.6 Å². The molecule has 3 N–H and O–H groups in total. The number of carbonyl (C=O) groups excluding carboxylic acids is 1. The quantitative estimate of drug-likeness (QED) is 0.673. The van der Waals surface area contributed by atoms with E-state index in [-0.39, 0.29) is 22.9 Å². The van der Waals surface area contributed by atoms with E-state index in [0.717, 1.165) is 5.56 Å². The number of phenolic OH excluding ortho intramolecular Hbond substituents is 1. The number of nitrogens with zero attached hydrogens (tertiary/aromatic N) is 1. The molecule has 0 atom stereocenters. The normalized spacial score (nSPS) is 10.4. The van der Waals surface area contributed by atoms with Crippen LogP contribution in [0.5, 0.6) is 5.75 Å². The predicted octanol–water partition coefficient (Wildman–Crippen LogP) is 3.29. The minimum Gasteiger partial charge on any atom is -0.505 e. The number of para-hydroxylation sites is 1. The Kier molecular flexibility index (Phi) is 4.70. The Morgan fingerprint density at radius 3 is 2.67 bits per heavy atom. The lowest BCUT2D eigenvalue weighted by Gasteiger charge is -2.22. The van der Waals surface area contributed by atoms with Crippen molar-refractivity contribution < 1.29 is 9.90 Å². The average Bonchev–Trinajstić information content (AvgIpc) is 2.47. The monoisotopic (exact) mass is 304 g/mol. The Hall–Kier alpha value is -2.20. The van der Waals surface area contributed by atoms with Crippen LogP contribution in [0.25, 0.3) is 0 Å². The molecule has 21 heavy (non-hydrogen) atoms. The summed E-state index contributed by atoms with van der Waals surface area (Å²) < 4.78 is 0. The SMILES string of the molecule is CCN(Cc1cccc(Cl)c1)C(=O)c1cccc(N)c1O. The number of phenols is 1. The number of hydrogen-bond donors (Lipinski definition) is 2. The highest BCUT2D eigenvalue weighted by molar-refractivity contribution is 6.30. The maximum atomic E-state index is 12.5. The summed E-state index contributed by atoms with van der Waals surface area (Å²) in [5.74, 6) is -0.436. The van der Waals surface area contributed by atoms with Crippen LogP contribution in [0.1, 0.15) is 22.8 Å². The van der Waals surface area contributed by atoms with Gasteiger partial charge in [-0.1, -0.05) is 29.8 Å². The standard InChI is InChI=1S/C16H17ClN2O2/c1-2-19(10-11-5-3-6-12(17)9-11)16(21)13-7-4-8-14(18)15(13)20/h3-9,20H,2,10,18H2,1H3. The zero-order chi connectivity index (χ0) is 15.4. The van der Waals surface area contributed by atoms with Crippen LogP contribution in [0.4, 0.5) is 5.69 Å². The lowest BCUT2D eigenvalue weighted by Crippen LogP contribution is -2.30. The highest BCUT2D eigenvalue weighted by Gasteiger charge is 2.19. The van der Waals surface area contributed by atoms with Crippen molar-refractivity contribution in [2.75, 3.05) is 12.3 Å². The molecule has 0 radical (unpaired) electrons. The van der Waals surface area contributed by atoms with Crippen molar-refractivity contribution in [2.45, 2.75) is 13.5 Å². The fourth-order valence-corrected chi connectivity index (χ4v) is 2.30. The first-order valence-corrected chi connectivity index (χ1v) is 7.02. The molecule has 0 aliphatic carbocycles. The average molecular weight is 305 g/mol. The molecule has 4 nitrogen and oxygen atoms in total. The Labute approximate surface area is 128 Å². The van der Waals surface area contributed by atoms with Crippen LogP contribution in [-0.4, -0.2) is 22.5 Å². The molecule has 2 aromatic rings. The van der Waals surface area contributed by atoms with E-state index in [1.807, 2.05) is 25.1 Å². The fraction of sp³-hybridized carbons (Fsp3) is 0.188. The van der Waals surface area contributed by atoms with Gasteiger partial charge in [0, 0.05) is 18.1 Å². The number of aromatic hydroxyl groups is 1. The molecule has 1 amide bonds. The summed E-state index contributed by atoms with van der Waals surface area (Å²) in [4.78, 5) is 14.1. The third kappa shape index (κ3) is 3.47. The molecule has 0 unspecified atom stereocenters. The zero-order valence-electron chi connectivity index (χ0n) is 11.7. The van der Waals surface area contributed by atoms with Crippen LogP contribution in [0.3, 0.4) is 0 Å². The number of anilines is 1. The summed E-state index contributed by atoms with van der Waals surface area (Å²) in [6, 6.07) is 12.1. The van der Waals surface area contributed by atoms with Crippen molar-refractivity contribution in [1.29, 1.82) is 0 Å². The first-order chi connectivity index (χ1) is 10.0. The summed E-state index contributed by atoms with van der Waals surface area (Å²) >= 11 is 5.95. The highest BCUT2D eigenvalue weighted by Crippen LogP contribution is 2.26. The maximum Gasteiger partial charge on any atom is 0.257 e. The maximum absolute atomic E-state index is 12.5. The highest BCUT2D eigenvalue weighted by atomic mass is 35.5. The molecule has 0 saturated heterocycles. The van der Waals surface area contributed by atoms with Gasteiger partial charge in [-0.15, -0.1) is 0 Å². The van der Waals surface area contributed by atoms with E-state index >= 15 is 0 Å². The van der Waals surface area contributed by atoms with Gasteiger partial charge in [0.2, 0.25) is 0 Å². The molecule has 0 heterocycles. The van der Waals surface area contributed by atoms with E-state index in [2.05, 4.69) is 0 Å². The minimum absolute atomic E-state index is 0.174. The van der Waals surface area contributed by atoms with Crippen molar-refractivity contribution in [1.82, 2.24) is 4.90 Å². The topological polar surface area (TPSA) is 66.6 Å². The largest absolute Gasteiger partial charge is 0.505 e. The second kappa shape index (κ2) is 6.50. The van der Waals surface area contributed by atoms with E-state index in [0.29, 0.717) is 18.1 Å². The Balaban J connectivity index is 2.25. The van der Waals surface area contributed by atoms with Crippen molar-refractivity contribution in [3.8, 4) is 5.75 Å². The molecule has 2 aromatic carbocycles. The van der Waals surface area contributed by atoms with E-state index in [9.17, 15) is 9.90 Å². The van der Waals surface area contributed by atoms with E-state index in [1.54, 1.807) is 29.2 Å². The number of nitrogen functional groups attached to an aromatic ring is 1. The summed E-state index contributed by atoms with van der Waals surface area (Å²) in [5, 5.41) is 10.6. The Morgan fingerprint density at radius 2 is 2.00 bits per heavy atom. The van der Waals surface area contributed by atoms with Crippen molar-refractivity contribution >= 4 is 23.2 Å². The summed E-state index contributed by atoms with van der Waals surface area (Å²) in [5.41, 5.74) is 6.97. The van der Waals surface area contributed by atoms with Gasteiger partial charge in [-0.25, -0.2) is 0 Å². The molecule has 0 spiro atoms. The molecule has 0 bridgehead atoms. The van der Waals surface area contributed by atoms with Gasteiger partial charge in [-0.05, 0) is 36.8 Å². The van der Waals surface area contributed by atoms with Gasteiger partial charge in [-0.3, -0.25) is 4.79 Å². The number of nitrogens with two attached hydrogens (primary N) is 1. The number of amides is 1. The third-order valence-electron chi connectivity index (χ3n) is 3.23. The smallest absolute Gasteiger partial charge is 0.257 e. The molecule has 0 saturated carbocycles. The third-order valence-corrected chi connectivity index (χ3v) is 3.46. The number of carbonyl (C=O) groups is 1. The van der Waals surface area contributed by atoms with Gasteiger partial charge >= 0.3 is 0 Å². The first kappa shape index (κ1) is 15.2. The number of hydrogen-bond acceptors (Lipinski definition) is 3. The second-order valence-corrected chi connectivity index (χ2v) is 5.13. The van der Waals surface area contributed by atoms with Crippen LogP contribution in [0.15, 0.2) is 42.5 Å². The lowest BCUT2D eigenvalue weighted by molar-refractivity contribution is 0.0749.